The highest BCUT2D eigenvalue weighted by Gasteiger charge is 2.27. The van der Waals surface area contributed by atoms with E-state index < -0.39 is 0 Å². The van der Waals surface area contributed by atoms with E-state index in [-0.39, 0.29) is 12.5 Å². The van der Waals surface area contributed by atoms with Crippen molar-refractivity contribution in [2.45, 2.75) is 45.7 Å². The van der Waals surface area contributed by atoms with Crippen molar-refractivity contribution in [2.75, 3.05) is 14.1 Å². The van der Waals surface area contributed by atoms with Crippen molar-refractivity contribution in [1.29, 1.82) is 0 Å². The van der Waals surface area contributed by atoms with Gasteiger partial charge in [-0.15, -0.1) is 0 Å². The molecule has 0 unspecified atom stereocenters. The predicted molar refractivity (Wildman–Crippen MR) is 152 cm³/mol. The van der Waals surface area contributed by atoms with Crippen LogP contribution in [0.2, 0.25) is 0 Å². The highest BCUT2D eigenvalue weighted by atomic mass is 16.2. The van der Waals surface area contributed by atoms with Crippen LogP contribution in [0, 0.1) is 0 Å². The molecule has 0 spiro atoms. The smallest absolute Gasteiger partial charge is 0.243 e. The standard InChI is InChI=1S/C30H33N9O/c1-5-13-38-18-23(17-32-38)20-6-8-21(9-7-20)30-28-25(35-37(30)4)11-10-22-16-31-26(33-29(22)28)15-24-12-14-39(34-24)19-27(40)36(2)3/h6-9,12,14,16-18H,5,10-11,13,15,19H2,1-4H3. The highest BCUT2D eigenvalue weighted by Crippen LogP contribution is 2.39. The van der Waals surface area contributed by atoms with Crippen molar-refractivity contribution in [1.82, 2.24) is 44.2 Å². The Hall–Kier alpha value is -4.60. The number of hydrogen-bond donors (Lipinski definition) is 0. The van der Waals surface area contributed by atoms with Crippen molar-refractivity contribution < 1.29 is 4.79 Å². The molecule has 0 bridgehead atoms. The second kappa shape index (κ2) is 10.5. The van der Waals surface area contributed by atoms with Crippen LogP contribution in [0.1, 0.15) is 36.1 Å². The fraction of sp³-hybridized carbons (Fsp3) is 0.333. The molecule has 0 saturated heterocycles. The van der Waals surface area contributed by atoms with E-state index in [1.807, 2.05) is 41.1 Å². The van der Waals surface area contributed by atoms with Gasteiger partial charge < -0.3 is 4.90 Å². The van der Waals surface area contributed by atoms with Gasteiger partial charge in [0.25, 0.3) is 0 Å². The fourth-order valence-electron chi connectivity index (χ4n) is 5.23. The molecular formula is C30H33N9O. The van der Waals surface area contributed by atoms with Gasteiger partial charge in [-0.25, -0.2) is 9.97 Å². The van der Waals surface area contributed by atoms with Gasteiger partial charge in [-0.2, -0.15) is 15.3 Å². The first-order valence-corrected chi connectivity index (χ1v) is 13.7. The summed E-state index contributed by atoms with van der Waals surface area (Å²) < 4.78 is 5.62. The third kappa shape index (κ3) is 4.92. The summed E-state index contributed by atoms with van der Waals surface area (Å²) in [6.45, 7) is 3.28. The van der Waals surface area contributed by atoms with Gasteiger partial charge >= 0.3 is 0 Å². The Balaban J connectivity index is 1.29. The van der Waals surface area contributed by atoms with Crippen LogP contribution in [-0.2, 0) is 44.2 Å². The topological polar surface area (TPSA) is 99.6 Å². The lowest BCUT2D eigenvalue weighted by Crippen LogP contribution is -2.26. The van der Waals surface area contributed by atoms with Crippen molar-refractivity contribution >= 4 is 5.91 Å². The van der Waals surface area contributed by atoms with Gasteiger partial charge in [0, 0.05) is 63.0 Å². The number of hydrogen-bond acceptors (Lipinski definition) is 6. The molecule has 4 aromatic heterocycles. The number of amides is 1. The molecule has 10 nitrogen and oxygen atoms in total. The van der Waals surface area contributed by atoms with E-state index in [0.717, 1.165) is 76.4 Å². The van der Waals surface area contributed by atoms with Gasteiger partial charge in [0.15, 0.2) is 0 Å². The van der Waals surface area contributed by atoms with Crippen molar-refractivity contribution in [3.63, 3.8) is 0 Å². The molecule has 0 saturated carbocycles. The molecule has 0 radical (unpaired) electrons. The molecular weight excluding hydrogens is 502 g/mol. The average molecular weight is 536 g/mol. The minimum atomic E-state index is -0.00378. The Morgan fingerprint density at radius 1 is 0.975 bits per heavy atom. The first-order chi connectivity index (χ1) is 19.4. The van der Waals surface area contributed by atoms with E-state index in [2.05, 4.69) is 52.6 Å². The molecule has 1 amide bonds. The number of benzene rings is 1. The summed E-state index contributed by atoms with van der Waals surface area (Å²) in [5, 5.41) is 13.9. The summed E-state index contributed by atoms with van der Waals surface area (Å²) in [5.41, 5.74) is 9.45. The maximum atomic E-state index is 12.1. The molecule has 204 valence electrons. The van der Waals surface area contributed by atoms with Crippen LogP contribution >= 0.6 is 0 Å². The van der Waals surface area contributed by atoms with Gasteiger partial charge in [0.05, 0.1) is 35.4 Å². The molecule has 1 aromatic carbocycles. The van der Waals surface area contributed by atoms with E-state index in [4.69, 9.17) is 10.1 Å². The van der Waals surface area contributed by atoms with Gasteiger partial charge in [-0.3, -0.25) is 18.8 Å². The SMILES string of the molecule is CCCn1cc(-c2ccc(-c3c4c(nn3C)CCc3cnc(Cc5ccn(CC(=O)N(C)C)n5)nc3-4)cc2)cn1. The lowest BCUT2D eigenvalue weighted by atomic mass is 9.91. The van der Waals surface area contributed by atoms with E-state index in [0.29, 0.717) is 12.2 Å². The molecule has 1 aliphatic rings. The molecule has 1 aliphatic carbocycles. The molecule has 40 heavy (non-hydrogen) atoms. The van der Waals surface area contributed by atoms with Crippen LogP contribution in [0.3, 0.4) is 0 Å². The zero-order chi connectivity index (χ0) is 27.8. The Kier molecular flexibility index (Phi) is 6.75. The highest BCUT2D eigenvalue weighted by molar-refractivity contribution is 5.84. The Labute approximate surface area is 233 Å². The summed E-state index contributed by atoms with van der Waals surface area (Å²) in [6, 6.07) is 10.5. The number of aromatic nitrogens is 8. The van der Waals surface area contributed by atoms with Crippen LogP contribution in [0.15, 0.2) is 55.1 Å². The summed E-state index contributed by atoms with van der Waals surface area (Å²) in [4.78, 5) is 23.3. The fourth-order valence-corrected chi connectivity index (χ4v) is 5.23. The number of fused-ring (bicyclic) bond motifs is 3. The average Bonchev–Trinajstić information content (AvgIpc) is 3.67. The van der Waals surface area contributed by atoms with Crippen LogP contribution in [-0.4, -0.2) is 64.2 Å². The van der Waals surface area contributed by atoms with Gasteiger partial charge in [-0.1, -0.05) is 31.2 Å². The summed E-state index contributed by atoms with van der Waals surface area (Å²) in [7, 11) is 5.48. The van der Waals surface area contributed by atoms with E-state index >= 15 is 0 Å². The maximum Gasteiger partial charge on any atom is 0.243 e. The number of nitrogens with zero attached hydrogens (tertiary/aromatic N) is 9. The molecule has 0 N–H and O–H groups in total. The van der Waals surface area contributed by atoms with Crippen molar-refractivity contribution in [2.24, 2.45) is 7.05 Å². The molecule has 4 heterocycles. The minimum absolute atomic E-state index is 0.00378. The van der Waals surface area contributed by atoms with E-state index in [1.165, 1.54) is 0 Å². The third-order valence-electron chi connectivity index (χ3n) is 7.31. The zero-order valence-corrected chi connectivity index (χ0v) is 23.4. The largest absolute Gasteiger partial charge is 0.347 e. The number of carbonyl (C=O) groups is 1. The molecule has 6 rings (SSSR count). The molecule has 0 aliphatic heterocycles. The number of likely N-dealkylation sites (N-methyl/N-ethyl adjacent to an activating group) is 1. The summed E-state index contributed by atoms with van der Waals surface area (Å²) >= 11 is 0. The second-order valence-electron chi connectivity index (χ2n) is 10.5. The lowest BCUT2D eigenvalue weighted by Gasteiger charge is -2.16. The maximum absolute atomic E-state index is 12.1. The van der Waals surface area contributed by atoms with Crippen molar-refractivity contribution in [3.8, 4) is 33.6 Å². The van der Waals surface area contributed by atoms with E-state index in [1.54, 1.807) is 23.7 Å². The van der Waals surface area contributed by atoms with Gasteiger partial charge in [-0.05, 0) is 36.5 Å². The second-order valence-corrected chi connectivity index (χ2v) is 10.5. The monoisotopic (exact) mass is 535 g/mol. The summed E-state index contributed by atoms with van der Waals surface area (Å²) in [5.74, 6) is 0.695. The van der Waals surface area contributed by atoms with E-state index in [9.17, 15) is 4.79 Å². The molecule has 0 atom stereocenters. The third-order valence-corrected chi connectivity index (χ3v) is 7.31. The molecule has 0 fully saturated rings. The first-order valence-electron chi connectivity index (χ1n) is 13.7. The van der Waals surface area contributed by atoms with Crippen LogP contribution in [0.4, 0.5) is 0 Å². The van der Waals surface area contributed by atoms with Crippen LogP contribution in [0.5, 0.6) is 0 Å². The lowest BCUT2D eigenvalue weighted by molar-refractivity contribution is -0.129. The minimum Gasteiger partial charge on any atom is -0.347 e. The molecule has 5 aromatic rings. The number of aryl methyl sites for hydroxylation is 4. The van der Waals surface area contributed by atoms with Crippen LogP contribution < -0.4 is 0 Å². The van der Waals surface area contributed by atoms with Crippen molar-refractivity contribution in [3.05, 3.63) is 77.9 Å². The van der Waals surface area contributed by atoms with Crippen LogP contribution in [0.25, 0.3) is 33.6 Å². The summed E-state index contributed by atoms with van der Waals surface area (Å²) in [6.07, 6.45) is 11.1. The Bertz CT molecular complexity index is 1670. The van der Waals surface area contributed by atoms with Gasteiger partial charge in [0.2, 0.25) is 5.91 Å². The number of rotatable bonds is 8. The Morgan fingerprint density at radius 3 is 2.55 bits per heavy atom. The first kappa shape index (κ1) is 25.7. The predicted octanol–water partition coefficient (Wildman–Crippen LogP) is 3.79. The molecule has 10 heteroatoms. The number of carbonyl (C=O) groups excluding carboxylic acids is 1. The quantitative estimate of drug-likeness (QED) is 0.300. The Morgan fingerprint density at radius 2 is 1.77 bits per heavy atom. The zero-order valence-electron chi connectivity index (χ0n) is 23.4. The van der Waals surface area contributed by atoms with Gasteiger partial charge in [0.1, 0.15) is 12.4 Å². The normalized spacial score (nSPS) is 12.3.